The molecule has 0 heterocycles. The highest BCUT2D eigenvalue weighted by Gasteiger charge is 2.13. The van der Waals surface area contributed by atoms with Crippen LogP contribution in [0, 0.1) is 0 Å². The number of benzene rings is 3. The van der Waals surface area contributed by atoms with Crippen molar-refractivity contribution in [2.24, 2.45) is 5.10 Å². The van der Waals surface area contributed by atoms with Crippen molar-refractivity contribution in [2.75, 3.05) is 7.05 Å². The predicted octanol–water partition coefficient (Wildman–Crippen LogP) is 3.76. The summed E-state index contributed by atoms with van der Waals surface area (Å²) >= 11 is 5.12. The Kier molecular flexibility index (Phi) is 6.07. The number of hydrazone groups is 1. The van der Waals surface area contributed by atoms with E-state index in [9.17, 15) is 4.79 Å². The standard InChI is InChI=1S/C22H19N3OS/c1-23-22(27)25-24-20(16-9-4-2-5-10-16)18-13-8-14-19(15-18)21(26)17-11-6-3-7-12-17/h2-15H,1H3,(H2,23,25,27). The van der Waals surface area contributed by atoms with Gasteiger partial charge in [-0.15, -0.1) is 0 Å². The van der Waals surface area contributed by atoms with Gasteiger partial charge in [-0.2, -0.15) is 5.10 Å². The van der Waals surface area contributed by atoms with Gasteiger partial charge in [0.1, 0.15) is 0 Å². The van der Waals surface area contributed by atoms with Crippen molar-refractivity contribution in [1.82, 2.24) is 10.7 Å². The van der Waals surface area contributed by atoms with Gasteiger partial charge < -0.3 is 5.32 Å². The molecule has 5 heteroatoms. The fraction of sp³-hybridized carbons (Fsp3) is 0.0455. The number of ketones is 1. The first-order chi connectivity index (χ1) is 13.2. The third kappa shape index (κ3) is 4.65. The second-order valence-electron chi connectivity index (χ2n) is 5.79. The third-order valence-corrected chi connectivity index (χ3v) is 4.27. The van der Waals surface area contributed by atoms with Crippen molar-refractivity contribution in [3.8, 4) is 0 Å². The maximum Gasteiger partial charge on any atom is 0.193 e. The maximum atomic E-state index is 12.8. The molecule has 0 amide bonds. The van der Waals surface area contributed by atoms with Crippen molar-refractivity contribution in [1.29, 1.82) is 0 Å². The number of thiocarbonyl (C=S) groups is 1. The lowest BCUT2D eigenvalue weighted by molar-refractivity contribution is 0.103. The molecule has 0 saturated heterocycles. The monoisotopic (exact) mass is 373 g/mol. The summed E-state index contributed by atoms with van der Waals surface area (Å²) in [4.78, 5) is 12.8. The van der Waals surface area contributed by atoms with Gasteiger partial charge in [0, 0.05) is 29.3 Å². The van der Waals surface area contributed by atoms with Crippen LogP contribution in [0.4, 0.5) is 0 Å². The van der Waals surface area contributed by atoms with E-state index in [-0.39, 0.29) is 5.78 Å². The molecule has 2 N–H and O–H groups in total. The maximum absolute atomic E-state index is 12.8. The molecule has 0 aromatic heterocycles. The molecule has 0 unspecified atom stereocenters. The molecule has 4 nitrogen and oxygen atoms in total. The zero-order valence-electron chi connectivity index (χ0n) is 14.8. The van der Waals surface area contributed by atoms with E-state index in [0.717, 1.165) is 11.1 Å². The van der Waals surface area contributed by atoms with Gasteiger partial charge in [-0.25, -0.2) is 0 Å². The number of carbonyl (C=O) groups is 1. The first-order valence-corrected chi connectivity index (χ1v) is 8.91. The largest absolute Gasteiger partial charge is 0.364 e. The molecule has 0 bridgehead atoms. The molecule has 3 aromatic carbocycles. The summed E-state index contributed by atoms with van der Waals surface area (Å²) in [6.07, 6.45) is 0. The summed E-state index contributed by atoms with van der Waals surface area (Å²) in [5.41, 5.74) is 6.55. The van der Waals surface area contributed by atoms with E-state index < -0.39 is 0 Å². The Morgan fingerprint density at radius 3 is 1.96 bits per heavy atom. The van der Waals surface area contributed by atoms with Crippen LogP contribution in [0.25, 0.3) is 0 Å². The van der Waals surface area contributed by atoms with Crippen molar-refractivity contribution in [3.05, 3.63) is 107 Å². The molecule has 0 aliphatic heterocycles. The topological polar surface area (TPSA) is 53.5 Å². The lowest BCUT2D eigenvalue weighted by Gasteiger charge is -2.10. The first kappa shape index (κ1) is 18.5. The molecular weight excluding hydrogens is 354 g/mol. The minimum atomic E-state index is -0.0245. The van der Waals surface area contributed by atoms with Crippen molar-refractivity contribution in [2.45, 2.75) is 0 Å². The van der Waals surface area contributed by atoms with Crippen LogP contribution in [0.1, 0.15) is 27.0 Å². The van der Waals surface area contributed by atoms with Gasteiger partial charge >= 0.3 is 0 Å². The average molecular weight is 373 g/mol. The molecule has 0 spiro atoms. The van der Waals surface area contributed by atoms with Crippen molar-refractivity contribution < 1.29 is 4.79 Å². The van der Waals surface area contributed by atoms with Gasteiger partial charge in [-0.3, -0.25) is 10.2 Å². The number of nitrogens with one attached hydrogen (secondary N) is 2. The molecule has 3 rings (SSSR count). The van der Waals surface area contributed by atoms with E-state index in [1.807, 2.05) is 84.9 Å². The lowest BCUT2D eigenvalue weighted by atomic mass is 9.97. The van der Waals surface area contributed by atoms with E-state index in [1.165, 1.54) is 0 Å². The second kappa shape index (κ2) is 8.87. The van der Waals surface area contributed by atoms with Gasteiger partial charge in [0.15, 0.2) is 10.9 Å². The van der Waals surface area contributed by atoms with Crippen molar-refractivity contribution in [3.63, 3.8) is 0 Å². The molecule has 0 saturated carbocycles. The summed E-state index contributed by atoms with van der Waals surface area (Å²) in [5.74, 6) is -0.0245. The predicted molar refractivity (Wildman–Crippen MR) is 113 cm³/mol. The third-order valence-electron chi connectivity index (χ3n) is 3.98. The summed E-state index contributed by atoms with van der Waals surface area (Å²) < 4.78 is 0. The highest BCUT2D eigenvalue weighted by molar-refractivity contribution is 7.80. The van der Waals surface area contributed by atoms with Crippen LogP contribution in [-0.2, 0) is 0 Å². The molecule has 0 fully saturated rings. The highest BCUT2D eigenvalue weighted by Crippen LogP contribution is 2.16. The first-order valence-electron chi connectivity index (χ1n) is 8.50. The molecule has 134 valence electrons. The number of nitrogens with zero attached hydrogens (tertiary/aromatic N) is 1. The average Bonchev–Trinajstić information content (AvgIpc) is 2.74. The minimum Gasteiger partial charge on any atom is -0.364 e. The van der Waals surface area contributed by atoms with E-state index in [0.29, 0.717) is 22.0 Å². The van der Waals surface area contributed by atoms with Gasteiger partial charge in [-0.1, -0.05) is 78.9 Å². The molecule has 27 heavy (non-hydrogen) atoms. The minimum absolute atomic E-state index is 0.0245. The Labute approximate surface area is 163 Å². The van der Waals surface area contributed by atoms with Crippen molar-refractivity contribution >= 4 is 28.8 Å². The van der Waals surface area contributed by atoms with Crippen LogP contribution in [0.2, 0.25) is 0 Å². The number of rotatable bonds is 5. The van der Waals surface area contributed by atoms with E-state index >= 15 is 0 Å². The SMILES string of the molecule is CNC(=S)NN=C(c1ccccc1)c1cccc(C(=O)c2ccccc2)c1. The van der Waals surface area contributed by atoms with Crippen LogP contribution in [0.5, 0.6) is 0 Å². The second-order valence-corrected chi connectivity index (χ2v) is 6.20. The highest BCUT2D eigenvalue weighted by atomic mass is 32.1. The molecule has 0 aliphatic rings. The zero-order valence-corrected chi connectivity index (χ0v) is 15.7. The molecule has 0 atom stereocenters. The van der Waals surface area contributed by atoms with Gasteiger partial charge in [0.25, 0.3) is 0 Å². The van der Waals surface area contributed by atoms with Crippen LogP contribution in [0.15, 0.2) is 90.0 Å². The summed E-state index contributed by atoms with van der Waals surface area (Å²) in [6.45, 7) is 0. The smallest absolute Gasteiger partial charge is 0.193 e. The number of hydrogen-bond donors (Lipinski definition) is 2. The summed E-state index contributed by atoms with van der Waals surface area (Å²) in [6, 6.07) is 26.5. The van der Waals surface area contributed by atoms with Gasteiger partial charge in [-0.05, 0) is 18.3 Å². The van der Waals surface area contributed by atoms with E-state index in [1.54, 1.807) is 7.05 Å². The Morgan fingerprint density at radius 1 is 0.778 bits per heavy atom. The fourth-order valence-corrected chi connectivity index (χ4v) is 2.66. The van der Waals surface area contributed by atoms with E-state index in [4.69, 9.17) is 12.2 Å². The van der Waals surface area contributed by atoms with Crippen LogP contribution >= 0.6 is 12.2 Å². The fourth-order valence-electron chi connectivity index (χ4n) is 2.62. The van der Waals surface area contributed by atoms with Crippen LogP contribution in [0.3, 0.4) is 0 Å². The van der Waals surface area contributed by atoms with E-state index in [2.05, 4.69) is 15.8 Å². The summed E-state index contributed by atoms with van der Waals surface area (Å²) in [7, 11) is 1.73. The lowest BCUT2D eigenvalue weighted by Crippen LogP contribution is -2.29. The number of carbonyl (C=O) groups excluding carboxylic acids is 1. The molecule has 0 radical (unpaired) electrons. The number of hydrogen-bond acceptors (Lipinski definition) is 3. The normalized spacial score (nSPS) is 10.9. The Balaban J connectivity index is 2.00. The van der Waals surface area contributed by atoms with Gasteiger partial charge in [0.2, 0.25) is 0 Å². The quantitative estimate of drug-likeness (QED) is 0.309. The molecule has 3 aromatic rings. The summed E-state index contributed by atoms with van der Waals surface area (Å²) in [5, 5.41) is 7.71. The Bertz CT molecular complexity index is 969. The Hall–Kier alpha value is -3.31. The van der Waals surface area contributed by atoms with Gasteiger partial charge in [0.05, 0.1) is 5.71 Å². The zero-order chi connectivity index (χ0) is 19.1. The van der Waals surface area contributed by atoms with Crippen LogP contribution < -0.4 is 10.7 Å². The van der Waals surface area contributed by atoms with Crippen LogP contribution in [-0.4, -0.2) is 23.7 Å². The Morgan fingerprint density at radius 2 is 1.33 bits per heavy atom. The molecule has 0 aliphatic carbocycles. The molecular formula is C22H19N3OS.